The van der Waals surface area contributed by atoms with E-state index in [-0.39, 0.29) is 6.61 Å². The molecule has 0 amide bonds. The van der Waals surface area contributed by atoms with Crippen LogP contribution in [0.2, 0.25) is 0 Å². The maximum Gasteiger partial charge on any atom is 0.0682 e. The van der Waals surface area contributed by atoms with E-state index >= 15 is 0 Å². The molecule has 0 bridgehead atoms. The van der Waals surface area contributed by atoms with Crippen molar-refractivity contribution in [2.75, 3.05) is 5.32 Å². The lowest BCUT2D eigenvalue weighted by Crippen LogP contribution is -2.20. The third kappa shape index (κ3) is 4.04. The van der Waals surface area contributed by atoms with Crippen molar-refractivity contribution < 1.29 is 5.11 Å². The summed E-state index contributed by atoms with van der Waals surface area (Å²) in [5.74, 6) is 0. The van der Waals surface area contributed by atoms with Gasteiger partial charge in [-0.05, 0) is 30.5 Å². The Kier molecular flexibility index (Phi) is 4.87. The second-order valence-electron chi connectivity index (χ2n) is 5.04. The van der Waals surface area contributed by atoms with E-state index < -0.39 is 0 Å². The minimum atomic E-state index is 0.125. The number of aliphatic hydroxyl groups is 1. The quantitative estimate of drug-likeness (QED) is 0.834. The molecule has 0 radical (unpaired) electrons. The zero-order valence-corrected chi connectivity index (χ0v) is 10.5. The number of benzene rings is 1. The highest BCUT2D eigenvalue weighted by molar-refractivity contribution is 5.46. The fourth-order valence-electron chi connectivity index (χ4n) is 2.60. The van der Waals surface area contributed by atoms with Gasteiger partial charge in [-0.2, -0.15) is 0 Å². The summed E-state index contributed by atoms with van der Waals surface area (Å²) >= 11 is 0. The van der Waals surface area contributed by atoms with Crippen LogP contribution in [-0.4, -0.2) is 11.1 Å². The summed E-state index contributed by atoms with van der Waals surface area (Å²) in [5, 5.41) is 12.7. The number of hydrogen-bond donors (Lipinski definition) is 2. The molecule has 94 valence electrons. The maximum atomic E-state index is 9.12. The van der Waals surface area contributed by atoms with Crippen LogP contribution in [0.25, 0.3) is 0 Å². The molecule has 2 N–H and O–H groups in total. The number of rotatable bonds is 3. The topological polar surface area (TPSA) is 32.3 Å². The summed E-state index contributed by atoms with van der Waals surface area (Å²) in [7, 11) is 0. The average Bonchev–Trinajstić information content (AvgIpc) is 2.33. The van der Waals surface area contributed by atoms with Gasteiger partial charge in [0.1, 0.15) is 0 Å². The molecule has 0 saturated heterocycles. The highest BCUT2D eigenvalue weighted by Crippen LogP contribution is 2.21. The third-order valence-corrected chi connectivity index (χ3v) is 3.59. The Labute approximate surface area is 104 Å². The average molecular weight is 233 g/mol. The van der Waals surface area contributed by atoms with E-state index in [1.54, 1.807) is 0 Å². The summed E-state index contributed by atoms with van der Waals surface area (Å²) < 4.78 is 0. The van der Waals surface area contributed by atoms with E-state index in [0.717, 1.165) is 11.3 Å². The first kappa shape index (κ1) is 12.4. The first-order valence-electron chi connectivity index (χ1n) is 6.85. The van der Waals surface area contributed by atoms with Crippen molar-refractivity contribution in [3.05, 3.63) is 29.8 Å². The summed E-state index contributed by atoms with van der Waals surface area (Å²) in [6.45, 7) is 0.125. The molecule has 1 fully saturated rings. The largest absolute Gasteiger partial charge is 0.392 e. The molecule has 0 unspecified atom stereocenters. The monoisotopic (exact) mass is 233 g/mol. The van der Waals surface area contributed by atoms with Crippen LogP contribution in [0.5, 0.6) is 0 Å². The van der Waals surface area contributed by atoms with Gasteiger partial charge < -0.3 is 10.4 Å². The SMILES string of the molecule is OCc1cccc(NC2CCCCCCC2)c1. The van der Waals surface area contributed by atoms with Gasteiger partial charge in [-0.1, -0.05) is 44.2 Å². The van der Waals surface area contributed by atoms with Crippen LogP contribution < -0.4 is 5.32 Å². The second kappa shape index (κ2) is 6.65. The van der Waals surface area contributed by atoms with Crippen LogP contribution >= 0.6 is 0 Å². The second-order valence-corrected chi connectivity index (χ2v) is 5.04. The summed E-state index contributed by atoms with van der Waals surface area (Å²) in [5.41, 5.74) is 2.14. The normalized spacial score (nSPS) is 18.4. The summed E-state index contributed by atoms with van der Waals surface area (Å²) in [6.07, 6.45) is 9.43. The Balaban J connectivity index is 1.93. The lowest BCUT2D eigenvalue weighted by Gasteiger charge is -2.22. The van der Waals surface area contributed by atoms with E-state index in [4.69, 9.17) is 5.11 Å². The van der Waals surface area contributed by atoms with E-state index in [1.807, 2.05) is 12.1 Å². The lowest BCUT2D eigenvalue weighted by atomic mass is 9.96. The highest BCUT2D eigenvalue weighted by Gasteiger charge is 2.10. The Morgan fingerprint density at radius 2 is 1.76 bits per heavy atom. The van der Waals surface area contributed by atoms with Crippen LogP contribution in [-0.2, 0) is 6.61 Å². The fraction of sp³-hybridized carbons (Fsp3) is 0.600. The standard InChI is InChI=1S/C15H23NO/c17-12-13-7-6-10-15(11-13)16-14-8-4-2-1-3-5-9-14/h6-7,10-11,14,16-17H,1-5,8-9,12H2. The number of nitrogens with one attached hydrogen (secondary N) is 1. The summed E-state index contributed by atoms with van der Waals surface area (Å²) in [6, 6.07) is 8.74. The van der Waals surface area contributed by atoms with Gasteiger partial charge in [-0.3, -0.25) is 0 Å². The van der Waals surface area contributed by atoms with Crippen molar-refractivity contribution in [2.24, 2.45) is 0 Å². The Morgan fingerprint density at radius 1 is 1.06 bits per heavy atom. The molecule has 0 aromatic heterocycles. The van der Waals surface area contributed by atoms with Gasteiger partial charge in [0.25, 0.3) is 0 Å². The molecular formula is C15H23NO. The van der Waals surface area contributed by atoms with Crippen molar-refractivity contribution >= 4 is 5.69 Å². The minimum Gasteiger partial charge on any atom is -0.392 e. The Morgan fingerprint density at radius 3 is 2.47 bits per heavy atom. The van der Waals surface area contributed by atoms with Gasteiger partial charge in [-0.15, -0.1) is 0 Å². The zero-order chi connectivity index (χ0) is 11.9. The predicted molar refractivity (Wildman–Crippen MR) is 72.1 cm³/mol. The van der Waals surface area contributed by atoms with Crippen LogP contribution in [0, 0.1) is 0 Å². The number of hydrogen-bond acceptors (Lipinski definition) is 2. The lowest BCUT2D eigenvalue weighted by molar-refractivity contribution is 0.282. The molecule has 17 heavy (non-hydrogen) atoms. The van der Waals surface area contributed by atoms with Crippen LogP contribution in [0.3, 0.4) is 0 Å². The molecule has 2 nitrogen and oxygen atoms in total. The van der Waals surface area contributed by atoms with E-state index in [1.165, 1.54) is 44.9 Å². The van der Waals surface area contributed by atoms with Gasteiger partial charge >= 0.3 is 0 Å². The molecular weight excluding hydrogens is 210 g/mol. The molecule has 1 aromatic carbocycles. The van der Waals surface area contributed by atoms with Crippen LogP contribution in [0.4, 0.5) is 5.69 Å². The van der Waals surface area contributed by atoms with Crippen molar-refractivity contribution in [1.29, 1.82) is 0 Å². The van der Waals surface area contributed by atoms with E-state index in [9.17, 15) is 0 Å². The molecule has 1 aliphatic rings. The fourth-order valence-corrected chi connectivity index (χ4v) is 2.60. The first-order valence-corrected chi connectivity index (χ1v) is 6.85. The van der Waals surface area contributed by atoms with E-state index in [2.05, 4.69) is 17.4 Å². The molecule has 0 spiro atoms. The van der Waals surface area contributed by atoms with E-state index in [0.29, 0.717) is 6.04 Å². The van der Waals surface area contributed by atoms with Crippen molar-refractivity contribution in [1.82, 2.24) is 0 Å². The highest BCUT2D eigenvalue weighted by atomic mass is 16.3. The predicted octanol–water partition coefficient (Wildman–Crippen LogP) is 3.70. The third-order valence-electron chi connectivity index (χ3n) is 3.59. The molecule has 1 saturated carbocycles. The van der Waals surface area contributed by atoms with Gasteiger partial charge in [0.15, 0.2) is 0 Å². The van der Waals surface area contributed by atoms with Gasteiger partial charge in [0, 0.05) is 11.7 Å². The van der Waals surface area contributed by atoms with Gasteiger partial charge in [0.05, 0.1) is 6.61 Å². The smallest absolute Gasteiger partial charge is 0.0682 e. The summed E-state index contributed by atoms with van der Waals surface area (Å²) in [4.78, 5) is 0. The minimum absolute atomic E-state index is 0.125. The number of anilines is 1. The van der Waals surface area contributed by atoms with Crippen LogP contribution in [0.1, 0.15) is 50.5 Å². The van der Waals surface area contributed by atoms with Crippen molar-refractivity contribution in [3.8, 4) is 0 Å². The molecule has 0 aliphatic heterocycles. The first-order chi connectivity index (χ1) is 8.38. The van der Waals surface area contributed by atoms with Crippen molar-refractivity contribution in [3.63, 3.8) is 0 Å². The zero-order valence-electron chi connectivity index (χ0n) is 10.5. The number of aliphatic hydroxyl groups excluding tert-OH is 1. The molecule has 1 aromatic rings. The van der Waals surface area contributed by atoms with Gasteiger partial charge in [-0.25, -0.2) is 0 Å². The molecule has 0 heterocycles. The van der Waals surface area contributed by atoms with Crippen LogP contribution in [0.15, 0.2) is 24.3 Å². The Bertz CT molecular complexity index is 329. The molecule has 0 atom stereocenters. The maximum absolute atomic E-state index is 9.12. The Hall–Kier alpha value is -1.02. The van der Waals surface area contributed by atoms with Crippen molar-refractivity contribution in [2.45, 2.75) is 57.6 Å². The van der Waals surface area contributed by atoms with Gasteiger partial charge in [0.2, 0.25) is 0 Å². The molecule has 1 aliphatic carbocycles. The molecule has 2 rings (SSSR count). The molecule has 2 heteroatoms.